The Morgan fingerprint density at radius 2 is 0.846 bits per heavy atom. The van der Waals surface area contributed by atoms with E-state index < -0.39 is 0 Å². The Bertz CT molecular complexity index is 3010. The monoisotopic (exact) mass is 658 g/mol. The quantitative estimate of drug-likeness (QED) is 0.165. The first kappa shape index (κ1) is 29.3. The molecule has 242 valence electrons. The van der Waals surface area contributed by atoms with Gasteiger partial charge in [0.2, 0.25) is 0 Å². The molecule has 1 atom stereocenters. The number of benzene rings is 10. The van der Waals surface area contributed by atoms with E-state index in [0.717, 1.165) is 0 Å². The van der Waals surface area contributed by atoms with Crippen molar-refractivity contribution in [2.45, 2.75) is 12.3 Å². The molecule has 0 N–H and O–H groups in total. The molecular weight excluding hydrogens is 625 g/mol. The topological polar surface area (TPSA) is 0 Å². The summed E-state index contributed by atoms with van der Waals surface area (Å²) in [5.41, 5.74) is 14.0. The average molecular weight is 659 g/mol. The van der Waals surface area contributed by atoms with E-state index in [4.69, 9.17) is 0 Å². The average Bonchev–Trinajstić information content (AvgIpc) is 3.46. The van der Waals surface area contributed by atoms with E-state index >= 15 is 0 Å². The van der Waals surface area contributed by atoms with Gasteiger partial charge in [-0.05, 0) is 129 Å². The fourth-order valence-electron chi connectivity index (χ4n) is 9.34. The minimum Gasteiger partial charge on any atom is -0.0622 e. The van der Waals surface area contributed by atoms with Crippen LogP contribution in [0.3, 0.4) is 0 Å². The van der Waals surface area contributed by atoms with Crippen LogP contribution in [-0.2, 0) is 5.41 Å². The maximum Gasteiger partial charge on any atom is 0.0435 e. The maximum atomic E-state index is 2.49. The van der Waals surface area contributed by atoms with E-state index in [1.54, 1.807) is 0 Å². The SMILES string of the molecule is CC1(c2ccccc2)c2cc(-c3ccc4ccc5c(-c6ccccc6-c6ccccc6)ccc6ccc3c4c65)ccc2-c2cc3ccccc3cc21. The van der Waals surface area contributed by atoms with Gasteiger partial charge in [-0.1, -0.05) is 170 Å². The summed E-state index contributed by atoms with van der Waals surface area (Å²) >= 11 is 0. The van der Waals surface area contributed by atoms with Gasteiger partial charge in [0.25, 0.3) is 0 Å². The summed E-state index contributed by atoms with van der Waals surface area (Å²) < 4.78 is 0. The minimum atomic E-state index is -0.281. The molecule has 0 heterocycles. The molecule has 0 heteroatoms. The van der Waals surface area contributed by atoms with Crippen LogP contribution in [0.1, 0.15) is 23.6 Å². The Kier molecular flexibility index (Phi) is 6.19. The second-order valence-corrected chi connectivity index (χ2v) is 14.6. The summed E-state index contributed by atoms with van der Waals surface area (Å²) in [5.74, 6) is 0. The third-order valence-corrected chi connectivity index (χ3v) is 11.9. The summed E-state index contributed by atoms with van der Waals surface area (Å²) in [5, 5.41) is 10.4. The molecule has 1 aliphatic carbocycles. The third kappa shape index (κ3) is 4.10. The highest BCUT2D eigenvalue weighted by molar-refractivity contribution is 6.28. The fourth-order valence-corrected chi connectivity index (χ4v) is 9.34. The zero-order valence-corrected chi connectivity index (χ0v) is 28.9. The molecule has 0 spiro atoms. The Hall–Kier alpha value is -6.50. The lowest BCUT2D eigenvalue weighted by Crippen LogP contribution is -2.22. The predicted molar refractivity (Wildman–Crippen MR) is 221 cm³/mol. The van der Waals surface area contributed by atoms with E-state index in [1.807, 2.05) is 0 Å². The smallest absolute Gasteiger partial charge is 0.0435 e. The van der Waals surface area contributed by atoms with E-state index in [0.29, 0.717) is 0 Å². The minimum absolute atomic E-state index is 0.281. The van der Waals surface area contributed by atoms with Crippen LogP contribution in [-0.4, -0.2) is 0 Å². The van der Waals surface area contributed by atoms with E-state index in [-0.39, 0.29) is 5.41 Å². The fraction of sp³-hybridized carbons (Fsp3) is 0.0385. The number of rotatable bonds is 4. The molecule has 10 aromatic carbocycles. The van der Waals surface area contributed by atoms with Gasteiger partial charge in [0, 0.05) is 5.41 Å². The van der Waals surface area contributed by atoms with Gasteiger partial charge in [-0.25, -0.2) is 0 Å². The van der Waals surface area contributed by atoms with Crippen LogP contribution >= 0.6 is 0 Å². The van der Waals surface area contributed by atoms with Crippen molar-refractivity contribution in [2.24, 2.45) is 0 Å². The highest BCUT2D eigenvalue weighted by atomic mass is 14.4. The molecule has 0 aromatic heterocycles. The van der Waals surface area contributed by atoms with E-state index in [1.165, 1.54) is 104 Å². The molecule has 0 amide bonds. The lowest BCUT2D eigenvalue weighted by atomic mass is 9.73. The summed E-state index contributed by atoms with van der Waals surface area (Å²) in [6.45, 7) is 2.42. The third-order valence-electron chi connectivity index (χ3n) is 11.9. The van der Waals surface area contributed by atoms with Crippen LogP contribution in [0.2, 0.25) is 0 Å². The summed E-state index contributed by atoms with van der Waals surface area (Å²) in [7, 11) is 0. The van der Waals surface area contributed by atoms with Crippen molar-refractivity contribution in [3.8, 4) is 44.5 Å². The lowest BCUT2D eigenvalue weighted by molar-refractivity contribution is 0.715. The zero-order valence-electron chi connectivity index (χ0n) is 28.9. The normalized spacial score (nSPS) is 15.1. The molecule has 0 aliphatic heterocycles. The highest BCUT2D eigenvalue weighted by Gasteiger charge is 2.41. The summed E-state index contributed by atoms with van der Waals surface area (Å²) in [4.78, 5) is 0. The van der Waals surface area contributed by atoms with Gasteiger partial charge in [-0.15, -0.1) is 0 Å². The maximum absolute atomic E-state index is 2.49. The van der Waals surface area contributed by atoms with Crippen molar-refractivity contribution >= 4 is 43.1 Å². The Balaban J connectivity index is 1.14. The second kappa shape index (κ2) is 11.0. The molecule has 10 aromatic rings. The number of hydrogen-bond donors (Lipinski definition) is 0. The van der Waals surface area contributed by atoms with E-state index in [2.05, 4.69) is 195 Å². The van der Waals surface area contributed by atoms with Gasteiger partial charge in [0.1, 0.15) is 0 Å². The van der Waals surface area contributed by atoms with Crippen molar-refractivity contribution in [3.63, 3.8) is 0 Å². The van der Waals surface area contributed by atoms with Crippen LogP contribution in [0.5, 0.6) is 0 Å². The van der Waals surface area contributed by atoms with Gasteiger partial charge in [0.05, 0.1) is 0 Å². The molecular formula is C52H34. The van der Waals surface area contributed by atoms with Crippen molar-refractivity contribution in [2.75, 3.05) is 0 Å². The first-order valence-electron chi connectivity index (χ1n) is 18.3. The molecule has 52 heavy (non-hydrogen) atoms. The molecule has 0 fully saturated rings. The molecule has 0 bridgehead atoms. The molecule has 0 saturated heterocycles. The van der Waals surface area contributed by atoms with Crippen LogP contribution in [0.15, 0.2) is 188 Å². The standard InChI is InChI=1S/C52H34/c1-52(39-16-6-3-7-17-39)48-32-38(24-27-44(48)47-30-36-14-8-9-15-37(36)31-49(47)52)41-25-20-34-23-29-46-43(26-21-35-22-28-45(41)50(34)51(35)46)42-19-11-10-18-40(42)33-12-4-2-5-13-33/h2-32H,1H3. The molecule has 0 saturated carbocycles. The summed E-state index contributed by atoms with van der Waals surface area (Å²) in [6, 6.07) is 70.1. The largest absolute Gasteiger partial charge is 0.0622 e. The first-order chi connectivity index (χ1) is 25.7. The van der Waals surface area contributed by atoms with Crippen LogP contribution in [0, 0.1) is 0 Å². The molecule has 1 aliphatic rings. The number of fused-ring (bicyclic) bond motifs is 4. The van der Waals surface area contributed by atoms with Crippen molar-refractivity contribution in [1.29, 1.82) is 0 Å². The molecule has 11 rings (SSSR count). The van der Waals surface area contributed by atoms with E-state index in [9.17, 15) is 0 Å². The van der Waals surface area contributed by atoms with Crippen molar-refractivity contribution in [1.82, 2.24) is 0 Å². The summed E-state index contributed by atoms with van der Waals surface area (Å²) in [6.07, 6.45) is 0. The Labute approximate surface area is 303 Å². The van der Waals surface area contributed by atoms with Gasteiger partial charge in [-0.3, -0.25) is 0 Å². The number of hydrogen-bond acceptors (Lipinski definition) is 0. The Morgan fingerprint density at radius 3 is 1.58 bits per heavy atom. The second-order valence-electron chi connectivity index (χ2n) is 14.6. The molecule has 1 unspecified atom stereocenters. The van der Waals surface area contributed by atoms with Gasteiger partial charge in [0.15, 0.2) is 0 Å². The predicted octanol–water partition coefficient (Wildman–Crippen LogP) is 14.1. The molecule has 0 radical (unpaired) electrons. The highest BCUT2D eigenvalue weighted by Crippen LogP contribution is 2.54. The first-order valence-corrected chi connectivity index (χ1v) is 18.3. The van der Waals surface area contributed by atoms with Crippen molar-refractivity contribution in [3.05, 3.63) is 205 Å². The van der Waals surface area contributed by atoms with Crippen LogP contribution in [0.4, 0.5) is 0 Å². The van der Waals surface area contributed by atoms with Crippen LogP contribution < -0.4 is 0 Å². The zero-order chi connectivity index (χ0) is 34.4. The molecule has 0 nitrogen and oxygen atoms in total. The van der Waals surface area contributed by atoms with Gasteiger partial charge in [-0.2, -0.15) is 0 Å². The van der Waals surface area contributed by atoms with Crippen LogP contribution in [0.25, 0.3) is 87.6 Å². The van der Waals surface area contributed by atoms with Gasteiger partial charge >= 0.3 is 0 Å². The van der Waals surface area contributed by atoms with Gasteiger partial charge < -0.3 is 0 Å². The Morgan fingerprint density at radius 1 is 0.308 bits per heavy atom. The van der Waals surface area contributed by atoms with Crippen molar-refractivity contribution < 1.29 is 0 Å². The lowest BCUT2D eigenvalue weighted by Gasteiger charge is -2.29.